The third kappa shape index (κ3) is 4.19. The van der Waals surface area contributed by atoms with Crippen molar-refractivity contribution in [3.8, 4) is 12.3 Å². The molecule has 1 nitrogen and oxygen atoms in total. The molecule has 0 fully saturated rings. The first kappa shape index (κ1) is 12.3. The second-order valence-corrected chi connectivity index (χ2v) is 9.07. The Kier molecular flexibility index (Phi) is 3.81. The van der Waals surface area contributed by atoms with Crippen LogP contribution in [0.25, 0.3) is 0 Å². The lowest BCUT2D eigenvalue weighted by atomic mass is 9.92. The highest BCUT2D eigenvalue weighted by Gasteiger charge is 2.26. The molecule has 0 aliphatic carbocycles. The summed E-state index contributed by atoms with van der Waals surface area (Å²) in [7, 11) is -1.53. The molecule has 0 unspecified atom stereocenters. The SMILES string of the molecule is C#CC(C)(C)/C(=C/C)O[Si](C)(C)C. The first-order chi connectivity index (χ1) is 5.73. The smallest absolute Gasteiger partial charge is 0.241 e. The summed E-state index contributed by atoms with van der Waals surface area (Å²) in [6.07, 6.45) is 7.42. The Hall–Kier alpha value is -0.683. The molecule has 74 valence electrons. The maximum absolute atomic E-state index is 5.90. The van der Waals surface area contributed by atoms with Crippen molar-refractivity contribution in [2.45, 2.75) is 40.4 Å². The van der Waals surface area contributed by atoms with Crippen LogP contribution in [-0.4, -0.2) is 8.32 Å². The highest BCUT2D eigenvalue weighted by atomic mass is 28.4. The zero-order valence-electron chi connectivity index (χ0n) is 9.56. The highest BCUT2D eigenvalue weighted by Crippen LogP contribution is 2.28. The number of allylic oxidation sites excluding steroid dienone is 2. The summed E-state index contributed by atoms with van der Waals surface area (Å²) >= 11 is 0. The Labute approximate surface area is 83.3 Å². The number of hydrogen-bond acceptors (Lipinski definition) is 1. The summed E-state index contributed by atoms with van der Waals surface area (Å²) in [5.41, 5.74) is -0.283. The van der Waals surface area contributed by atoms with Crippen molar-refractivity contribution in [3.63, 3.8) is 0 Å². The fourth-order valence-corrected chi connectivity index (χ4v) is 1.98. The first-order valence-electron chi connectivity index (χ1n) is 4.56. The maximum atomic E-state index is 5.90. The summed E-state index contributed by atoms with van der Waals surface area (Å²) in [4.78, 5) is 0. The highest BCUT2D eigenvalue weighted by molar-refractivity contribution is 6.70. The molecule has 0 amide bonds. The minimum atomic E-state index is -1.53. The van der Waals surface area contributed by atoms with Gasteiger partial charge in [0.2, 0.25) is 8.32 Å². The summed E-state index contributed by atoms with van der Waals surface area (Å²) in [5.74, 6) is 3.67. The van der Waals surface area contributed by atoms with E-state index in [4.69, 9.17) is 10.8 Å². The van der Waals surface area contributed by atoms with Crippen LogP contribution in [0, 0.1) is 17.8 Å². The molecule has 0 aliphatic rings. The summed E-state index contributed by atoms with van der Waals surface area (Å²) in [5, 5.41) is 0. The minimum Gasteiger partial charge on any atom is -0.546 e. The van der Waals surface area contributed by atoms with Crippen LogP contribution >= 0.6 is 0 Å². The van der Waals surface area contributed by atoms with E-state index < -0.39 is 8.32 Å². The summed E-state index contributed by atoms with van der Waals surface area (Å²) in [6, 6.07) is 0. The van der Waals surface area contributed by atoms with Crippen molar-refractivity contribution >= 4 is 8.32 Å². The van der Waals surface area contributed by atoms with Gasteiger partial charge in [-0.15, -0.1) is 6.42 Å². The van der Waals surface area contributed by atoms with Gasteiger partial charge in [0.05, 0.1) is 11.2 Å². The molecule has 0 atom stereocenters. The molecule has 0 saturated heterocycles. The van der Waals surface area contributed by atoms with Gasteiger partial charge < -0.3 is 4.43 Å². The zero-order valence-corrected chi connectivity index (χ0v) is 10.6. The van der Waals surface area contributed by atoms with E-state index in [2.05, 4.69) is 25.6 Å². The lowest BCUT2D eigenvalue weighted by Gasteiger charge is -2.29. The average molecular weight is 196 g/mol. The molecule has 0 aliphatic heterocycles. The first-order valence-corrected chi connectivity index (χ1v) is 7.97. The molecule has 0 heterocycles. The van der Waals surface area contributed by atoms with E-state index >= 15 is 0 Å². The van der Waals surface area contributed by atoms with E-state index in [1.165, 1.54) is 0 Å². The predicted molar refractivity (Wildman–Crippen MR) is 60.8 cm³/mol. The summed E-state index contributed by atoms with van der Waals surface area (Å²) < 4.78 is 5.90. The topological polar surface area (TPSA) is 9.23 Å². The largest absolute Gasteiger partial charge is 0.546 e. The predicted octanol–water partition coefficient (Wildman–Crippen LogP) is 3.40. The molecule has 0 N–H and O–H groups in total. The van der Waals surface area contributed by atoms with Gasteiger partial charge in [-0.25, -0.2) is 0 Å². The van der Waals surface area contributed by atoms with Crippen LogP contribution < -0.4 is 0 Å². The van der Waals surface area contributed by atoms with Crippen molar-refractivity contribution in [2.24, 2.45) is 5.41 Å². The number of rotatable bonds is 3. The van der Waals surface area contributed by atoms with Gasteiger partial charge >= 0.3 is 0 Å². The standard InChI is InChI=1S/C11H20OSi/c1-8-10(11(3,4)9-2)12-13(5,6)7/h2,8H,1,3-7H3/b10-8-. The van der Waals surface area contributed by atoms with E-state index in [0.29, 0.717) is 0 Å². The number of terminal acetylenes is 1. The fourth-order valence-electron chi connectivity index (χ4n) is 0.948. The van der Waals surface area contributed by atoms with Gasteiger partial charge in [0, 0.05) is 0 Å². The Morgan fingerprint density at radius 1 is 1.38 bits per heavy atom. The zero-order chi connectivity index (χ0) is 10.7. The van der Waals surface area contributed by atoms with Gasteiger partial charge in [-0.2, -0.15) is 0 Å². The molecule has 2 heteroatoms. The second-order valence-electron chi connectivity index (χ2n) is 4.64. The van der Waals surface area contributed by atoms with Crippen LogP contribution in [0.1, 0.15) is 20.8 Å². The lowest BCUT2D eigenvalue weighted by Crippen LogP contribution is -2.29. The van der Waals surface area contributed by atoms with Crippen LogP contribution in [-0.2, 0) is 4.43 Å². The molecule has 0 rings (SSSR count). The molecular weight excluding hydrogens is 176 g/mol. The van der Waals surface area contributed by atoms with E-state index in [0.717, 1.165) is 5.76 Å². The molecule has 0 radical (unpaired) electrons. The van der Waals surface area contributed by atoms with Gasteiger partial charge in [-0.05, 0) is 46.5 Å². The second kappa shape index (κ2) is 4.02. The van der Waals surface area contributed by atoms with Crippen LogP contribution in [0.4, 0.5) is 0 Å². The molecular formula is C11H20OSi. The van der Waals surface area contributed by atoms with Gasteiger partial charge in [-0.1, -0.05) is 5.92 Å². The van der Waals surface area contributed by atoms with Crippen LogP contribution in [0.3, 0.4) is 0 Å². The van der Waals surface area contributed by atoms with Gasteiger partial charge in [-0.3, -0.25) is 0 Å². The van der Waals surface area contributed by atoms with E-state index in [-0.39, 0.29) is 5.41 Å². The van der Waals surface area contributed by atoms with E-state index in [1.807, 2.05) is 26.8 Å². The molecule has 0 spiro atoms. The van der Waals surface area contributed by atoms with Gasteiger partial charge in [0.1, 0.15) is 0 Å². The minimum absolute atomic E-state index is 0.283. The molecule has 0 bridgehead atoms. The van der Waals surface area contributed by atoms with Crippen molar-refractivity contribution in [2.75, 3.05) is 0 Å². The van der Waals surface area contributed by atoms with Crippen molar-refractivity contribution < 1.29 is 4.43 Å². The van der Waals surface area contributed by atoms with E-state index in [1.54, 1.807) is 0 Å². The monoisotopic (exact) mass is 196 g/mol. The van der Waals surface area contributed by atoms with Gasteiger partial charge in [0.15, 0.2) is 0 Å². The Morgan fingerprint density at radius 3 is 2.08 bits per heavy atom. The molecule has 0 aromatic heterocycles. The third-order valence-electron chi connectivity index (χ3n) is 1.66. The lowest BCUT2D eigenvalue weighted by molar-refractivity contribution is 0.322. The molecule has 0 saturated carbocycles. The Bertz CT molecular complexity index is 238. The summed E-state index contributed by atoms with van der Waals surface area (Å²) in [6.45, 7) is 12.4. The molecule has 0 aromatic carbocycles. The van der Waals surface area contributed by atoms with Crippen LogP contribution in [0.2, 0.25) is 19.6 Å². The van der Waals surface area contributed by atoms with Gasteiger partial charge in [0.25, 0.3) is 0 Å². The molecule has 13 heavy (non-hydrogen) atoms. The molecule has 0 aromatic rings. The fraction of sp³-hybridized carbons (Fsp3) is 0.636. The number of hydrogen-bond donors (Lipinski definition) is 0. The quantitative estimate of drug-likeness (QED) is 0.382. The van der Waals surface area contributed by atoms with Crippen LogP contribution in [0.15, 0.2) is 11.8 Å². The van der Waals surface area contributed by atoms with Crippen molar-refractivity contribution in [1.29, 1.82) is 0 Å². The normalized spacial score (nSPS) is 13.8. The van der Waals surface area contributed by atoms with Crippen molar-refractivity contribution in [3.05, 3.63) is 11.8 Å². The van der Waals surface area contributed by atoms with Crippen molar-refractivity contribution in [1.82, 2.24) is 0 Å². The Balaban J connectivity index is 4.69. The Morgan fingerprint density at radius 2 is 1.85 bits per heavy atom. The van der Waals surface area contributed by atoms with E-state index in [9.17, 15) is 0 Å². The maximum Gasteiger partial charge on any atom is 0.241 e. The average Bonchev–Trinajstić information content (AvgIpc) is 1.98. The van der Waals surface area contributed by atoms with Crippen LogP contribution in [0.5, 0.6) is 0 Å². The third-order valence-corrected chi connectivity index (χ3v) is 2.49.